The van der Waals surface area contributed by atoms with Crippen LogP contribution in [0.25, 0.3) is 6.08 Å². The minimum Gasteiger partial charge on any atom is -0.456 e. The fourth-order valence-electron chi connectivity index (χ4n) is 5.99. The third-order valence-corrected chi connectivity index (χ3v) is 8.17. The molecule has 4 rings (SSSR count). The number of benzene rings is 2. The van der Waals surface area contributed by atoms with Crippen molar-refractivity contribution in [3.8, 4) is 0 Å². The van der Waals surface area contributed by atoms with Crippen LogP contribution in [0.15, 0.2) is 60.2 Å². The van der Waals surface area contributed by atoms with Gasteiger partial charge in [0, 0.05) is 24.7 Å². The third-order valence-electron chi connectivity index (χ3n) is 8.17. The van der Waals surface area contributed by atoms with E-state index >= 15 is 0 Å². The molecule has 1 N–H and O–H groups in total. The van der Waals surface area contributed by atoms with E-state index in [9.17, 15) is 9.59 Å². The Balaban J connectivity index is 1.36. The molecule has 6 nitrogen and oxygen atoms in total. The molecule has 2 aliphatic carbocycles. The van der Waals surface area contributed by atoms with E-state index in [0.717, 1.165) is 31.2 Å². The summed E-state index contributed by atoms with van der Waals surface area (Å²) in [5.74, 6) is 0.774. The van der Waals surface area contributed by atoms with Crippen LogP contribution in [-0.2, 0) is 16.0 Å². The predicted molar refractivity (Wildman–Crippen MR) is 174 cm³/mol. The summed E-state index contributed by atoms with van der Waals surface area (Å²) in [6.07, 6.45) is 7.22. The van der Waals surface area contributed by atoms with E-state index in [1.165, 1.54) is 17.6 Å². The summed E-state index contributed by atoms with van der Waals surface area (Å²) in [7, 11) is 0. The summed E-state index contributed by atoms with van der Waals surface area (Å²) < 4.78 is 11.3. The summed E-state index contributed by atoms with van der Waals surface area (Å²) in [5.41, 5.74) is 3.16. The van der Waals surface area contributed by atoms with Gasteiger partial charge in [-0.3, -0.25) is 0 Å². The van der Waals surface area contributed by atoms with Gasteiger partial charge in [0.1, 0.15) is 11.2 Å². The van der Waals surface area contributed by atoms with Gasteiger partial charge in [0.15, 0.2) is 0 Å². The standard InChI is InChI=1S/C37H52N2O4/c1-25(2)31(22-26-12-10-9-11-13-26)32-23-33(32)38-29-18-20-30(21-19-29)39(35(41)43-37(6,7)8)24-27-14-16-28(17-15-27)34(40)42-36(3,4)5/h9-17,22,25,29-30,32-33,38H,18-21,23-24H2,1-8H3/t29-,30-,32-,33+/m0/s1. The van der Waals surface area contributed by atoms with Crippen molar-refractivity contribution in [1.82, 2.24) is 10.2 Å². The first-order valence-corrected chi connectivity index (χ1v) is 16.0. The first-order chi connectivity index (χ1) is 20.2. The first kappa shape index (κ1) is 32.8. The van der Waals surface area contributed by atoms with Crippen molar-refractivity contribution in [2.75, 3.05) is 0 Å². The highest BCUT2D eigenvalue weighted by molar-refractivity contribution is 5.89. The Morgan fingerprint density at radius 3 is 2.05 bits per heavy atom. The number of nitrogens with zero attached hydrogens (tertiary/aromatic N) is 1. The van der Waals surface area contributed by atoms with E-state index in [1.807, 2.05) is 58.6 Å². The highest BCUT2D eigenvalue weighted by atomic mass is 16.6. The lowest BCUT2D eigenvalue weighted by Crippen LogP contribution is -2.47. The second-order valence-electron chi connectivity index (χ2n) is 14.6. The second kappa shape index (κ2) is 13.7. The van der Waals surface area contributed by atoms with Crippen molar-refractivity contribution in [3.63, 3.8) is 0 Å². The maximum atomic E-state index is 13.4. The van der Waals surface area contributed by atoms with Gasteiger partial charge in [-0.05, 0) is 109 Å². The van der Waals surface area contributed by atoms with Gasteiger partial charge in [0.2, 0.25) is 0 Å². The lowest BCUT2D eigenvalue weighted by Gasteiger charge is -2.38. The van der Waals surface area contributed by atoms with Crippen molar-refractivity contribution < 1.29 is 19.1 Å². The molecule has 6 heteroatoms. The normalized spacial score (nSPS) is 22.7. The van der Waals surface area contributed by atoms with Gasteiger partial charge in [-0.25, -0.2) is 9.59 Å². The van der Waals surface area contributed by atoms with Crippen LogP contribution in [0.4, 0.5) is 4.79 Å². The molecule has 0 heterocycles. The minimum atomic E-state index is -0.572. The van der Waals surface area contributed by atoms with Crippen LogP contribution in [0.1, 0.15) is 109 Å². The van der Waals surface area contributed by atoms with E-state index in [1.54, 1.807) is 12.1 Å². The molecule has 1 amide bonds. The van der Waals surface area contributed by atoms with Crippen LogP contribution >= 0.6 is 0 Å². The molecule has 2 aromatic carbocycles. The van der Waals surface area contributed by atoms with Crippen molar-refractivity contribution in [2.24, 2.45) is 11.8 Å². The van der Waals surface area contributed by atoms with Gasteiger partial charge in [0.05, 0.1) is 5.56 Å². The fraction of sp³-hybridized carbons (Fsp3) is 0.568. The largest absolute Gasteiger partial charge is 0.456 e. The van der Waals surface area contributed by atoms with Crippen LogP contribution in [0.2, 0.25) is 0 Å². The summed E-state index contributed by atoms with van der Waals surface area (Å²) in [6.45, 7) is 16.3. The van der Waals surface area contributed by atoms with Crippen LogP contribution in [0.3, 0.4) is 0 Å². The molecule has 2 saturated carbocycles. The molecule has 0 aliphatic heterocycles. The Morgan fingerprint density at radius 2 is 1.49 bits per heavy atom. The Bertz CT molecular complexity index is 1250. The molecular weight excluding hydrogens is 536 g/mol. The van der Waals surface area contributed by atoms with Crippen LogP contribution in [0, 0.1) is 11.8 Å². The number of nitrogens with one attached hydrogen (secondary N) is 1. The van der Waals surface area contributed by atoms with E-state index < -0.39 is 11.2 Å². The lowest BCUT2D eigenvalue weighted by molar-refractivity contribution is 0.00616. The second-order valence-corrected chi connectivity index (χ2v) is 14.6. The van der Waals surface area contributed by atoms with Crippen LogP contribution in [0.5, 0.6) is 0 Å². The maximum Gasteiger partial charge on any atom is 0.410 e. The number of ether oxygens (including phenoxy) is 2. The molecule has 2 fully saturated rings. The van der Waals surface area contributed by atoms with E-state index in [-0.39, 0.29) is 18.1 Å². The molecule has 0 radical (unpaired) electrons. The third kappa shape index (κ3) is 9.96. The Morgan fingerprint density at radius 1 is 0.884 bits per heavy atom. The van der Waals surface area contributed by atoms with Crippen molar-refractivity contribution >= 4 is 18.1 Å². The van der Waals surface area contributed by atoms with Crippen molar-refractivity contribution in [2.45, 2.75) is 123 Å². The van der Waals surface area contributed by atoms with Gasteiger partial charge in [-0.1, -0.05) is 68.0 Å². The summed E-state index contributed by atoms with van der Waals surface area (Å²) >= 11 is 0. The zero-order valence-corrected chi connectivity index (χ0v) is 27.5. The number of esters is 1. The quantitative estimate of drug-likeness (QED) is 0.298. The van der Waals surface area contributed by atoms with Crippen LogP contribution < -0.4 is 5.32 Å². The van der Waals surface area contributed by atoms with E-state index in [2.05, 4.69) is 55.6 Å². The number of hydrogen-bond acceptors (Lipinski definition) is 5. The summed E-state index contributed by atoms with van der Waals surface area (Å²) in [5, 5.41) is 3.95. The van der Waals surface area contributed by atoms with Gasteiger partial charge in [-0.15, -0.1) is 0 Å². The van der Waals surface area contributed by atoms with Crippen molar-refractivity contribution in [3.05, 3.63) is 76.9 Å². The molecule has 0 unspecified atom stereocenters. The highest BCUT2D eigenvalue weighted by Crippen LogP contribution is 2.42. The number of amides is 1. The Hall–Kier alpha value is -3.12. The number of carbonyl (C=O) groups is 2. The minimum absolute atomic E-state index is 0.109. The molecule has 0 saturated heterocycles. The lowest BCUT2D eigenvalue weighted by atomic mass is 9.89. The smallest absolute Gasteiger partial charge is 0.410 e. The molecule has 234 valence electrons. The molecule has 2 aromatic rings. The number of hydrogen-bond donors (Lipinski definition) is 1. The average molecular weight is 589 g/mol. The summed E-state index contributed by atoms with van der Waals surface area (Å²) in [6, 6.07) is 19.1. The monoisotopic (exact) mass is 588 g/mol. The van der Waals surface area contributed by atoms with E-state index in [0.29, 0.717) is 36.0 Å². The van der Waals surface area contributed by atoms with E-state index in [4.69, 9.17) is 9.47 Å². The zero-order chi connectivity index (χ0) is 31.4. The van der Waals surface area contributed by atoms with Crippen molar-refractivity contribution in [1.29, 1.82) is 0 Å². The summed E-state index contributed by atoms with van der Waals surface area (Å²) in [4.78, 5) is 27.8. The SMILES string of the molecule is CC(C)C(=Cc1ccccc1)[C@@H]1C[C@H]1N[C@H]1CC[C@H](N(Cc2ccc(C(=O)OC(C)(C)C)cc2)C(=O)OC(C)(C)C)CC1. The molecule has 0 spiro atoms. The predicted octanol–water partition coefficient (Wildman–Crippen LogP) is 8.41. The van der Waals surface area contributed by atoms with Gasteiger partial charge >= 0.3 is 12.1 Å². The molecule has 43 heavy (non-hydrogen) atoms. The fourth-order valence-corrected chi connectivity index (χ4v) is 5.99. The average Bonchev–Trinajstić information content (AvgIpc) is 3.68. The number of rotatable bonds is 9. The highest BCUT2D eigenvalue weighted by Gasteiger charge is 2.42. The molecule has 2 aliphatic rings. The number of carbonyl (C=O) groups excluding carboxylic acids is 2. The zero-order valence-electron chi connectivity index (χ0n) is 27.5. The Labute approximate surface area is 259 Å². The topological polar surface area (TPSA) is 67.9 Å². The van der Waals surface area contributed by atoms with Gasteiger partial charge in [0.25, 0.3) is 0 Å². The molecular formula is C37H52N2O4. The van der Waals surface area contributed by atoms with Gasteiger partial charge in [-0.2, -0.15) is 0 Å². The van der Waals surface area contributed by atoms with Crippen LogP contribution in [-0.4, -0.2) is 46.3 Å². The molecule has 0 aromatic heterocycles. The first-order valence-electron chi connectivity index (χ1n) is 16.0. The maximum absolute atomic E-state index is 13.4. The molecule has 0 bridgehead atoms. The molecule has 2 atom stereocenters. The van der Waals surface area contributed by atoms with Gasteiger partial charge < -0.3 is 19.7 Å². The Kier molecular flexibility index (Phi) is 10.4.